The maximum atomic E-state index is 12.1. The van der Waals surface area contributed by atoms with Gasteiger partial charge in [0.2, 0.25) is 0 Å². The van der Waals surface area contributed by atoms with Crippen LogP contribution in [0.1, 0.15) is 34.1 Å². The molecule has 0 radical (unpaired) electrons. The van der Waals surface area contributed by atoms with Crippen molar-refractivity contribution in [2.75, 3.05) is 6.56 Å². The largest absolute Gasteiger partial charge is 0.465 e. The molecule has 1 fully saturated rings. The molecule has 1 aliphatic rings. The van der Waals surface area contributed by atoms with Gasteiger partial charge in [0.1, 0.15) is 1.37 Å². The zero-order valence-corrected chi connectivity index (χ0v) is 7.92. The van der Waals surface area contributed by atoms with E-state index >= 15 is 0 Å². The Morgan fingerprint density at radius 1 is 2.07 bits per heavy atom. The van der Waals surface area contributed by atoms with E-state index in [0.717, 1.165) is 0 Å². The van der Waals surface area contributed by atoms with Crippen LogP contribution in [0.15, 0.2) is 12.5 Å². The Balaban J connectivity index is 2.89. The van der Waals surface area contributed by atoms with Crippen molar-refractivity contribution in [2.45, 2.75) is 19.7 Å². The van der Waals surface area contributed by atoms with Crippen molar-refractivity contribution in [2.24, 2.45) is 18.8 Å². The zero-order chi connectivity index (χ0) is 20.5. The molecule has 4 nitrogen and oxygen atoms in total. The monoisotopic (exact) mass is 219 g/mol. The lowest BCUT2D eigenvalue weighted by atomic mass is 9.89. The molecule has 15 heavy (non-hydrogen) atoms. The maximum Gasteiger partial charge on any atom is 0.309 e. The van der Waals surface area contributed by atoms with E-state index in [0.29, 0.717) is 0 Å². The molecule has 0 spiro atoms. The molecule has 2 rings (SSSR count). The third kappa shape index (κ3) is 1.89. The first kappa shape index (κ1) is 3.34. The molecule has 1 aromatic heterocycles. The van der Waals surface area contributed by atoms with Crippen molar-refractivity contribution in [1.29, 1.82) is 0 Å². The van der Waals surface area contributed by atoms with Gasteiger partial charge in [-0.05, 0) is 12.8 Å². The topological polar surface area (TPSA) is 44.1 Å². The highest BCUT2D eigenvalue weighted by Gasteiger charge is 2.35. The predicted octanol–water partition coefficient (Wildman–Crippen LogP) is 1.16. The number of imidazole rings is 1. The summed E-state index contributed by atoms with van der Waals surface area (Å²) in [5.41, 5.74) is -1.09. The number of ether oxygens (including phenoxy) is 1. The molecule has 0 aliphatic carbocycles. The SMILES string of the molecule is [2H]c1nc([2H])n(C([2H])([2H])[2H])c1C([2H])([2H])[C@@]1([2H])C([2H])([2H])OC(=O)[C@@]1([2H])CC. The molecule has 0 unspecified atom stereocenters. The molecule has 0 bridgehead atoms. The molecule has 1 saturated heterocycles. The number of hydrogen-bond acceptors (Lipinski definition) is 3. The Morgan fingerprint density at radius 3 is 3.67 bits per heavy atom. The molecule has 2 atom stereocenters. The second kappa shape index (κ2) is 4.04. The average molecular weight is 219 g/mol. The summed E-state index contributed by atoms with van der Waals surface area (Å²) in [7, 11) is 0. The number of esters is 1. The van der Waals surface area contributed by atoms with Crippen molar-refractivity contribution in [3.8, 4) is 0 Å². The smallest absolute Gasteiger partial charge is 0.309 e. The third-order valence-electron chi connectivity index (χ3n) is 1.93. The molecular formula is C11H16N2O2. The van der Waals surface area contributed by atoms with Crippen molar-refractivity contribution < 1.29 is 24.6 Å². The Kier molecular flexibility index (Phi) is 0.899. The Hall–Kier alpha value is -1.32. The Labute approximate surface area is 105 Å². The van der Waals surface area contributed by atoms with Crippen LogP contribution >= 0.6 is 0 Å². The lowest BCUT2D eigenvalue weighted by molar-refractivity contribution is -0.141. The second-order valence-corrected chi connectivity index (χ2v) is 2.83. The zero-order valence-electron chi connectivity index (χ0n) is 18.9. The van der Waals surface area contributed by atoms with Gasteiger partial charge in [-0.3, -0.25) is 4.79 Å². The van der Waals surface area contributed by atoms with Crippen LogP contribution in [0.3, 0.4) is 0 Å². The van der Waals surface area contributed by atoms with E-state index in [1.165, 1.54) is 6.92 Å². The summed E-state index contributed by atoms with van der Waals surface area (Å²) in [4.78, 5) is 15.3. The Bertz CT molecular complexity index is 758. The van der Waals surface area contributed by atoms with Gasteiger partial charge in [-0.15, -0.1) is 0 Å². The summed E-state index contributed by atoms with van der Waals surface area (Å²) in [6, 6.07) is 0. The van der Waals surface area contributed by atoms with Crippen LogP contribution in [0.25, 0.3) is 0 Å². The number of aromatic nitrogens is 2. The summed E-state index contributed by atoms with van der Waals surface area (Å²) in [6.07, 6.45) is -5.89. The molecule has 1 aliphatic heterocycles. The normalized spacial score (nSPS) is 51.3. The second-order valence-electron chi connectivity index (χ2n) is 2.83. The predicted molar refractivity (Wildman–Crippen MR) is 55.1 cm³/mol. The highest BCUT2D eigenvalue weighted by Crippen LogP contribution is 2.27. The number of carbonyl (C=O) groups is 1. The van der Waals surface area contributed by atoms with E-state index in [4.69, 9.17) is 15.1 Å². The summed E-state index contributed by atoms with van der Waals surface area (Å²) < 4.78 is 91.2. The first-order valence-corrected chi connectivity index (χ1v) is 4.29. The molecule has 82 valence electrons. The van der Waals surface area contributed by atoms with Gasteiger partial charge < -0.3 is 9.30 Å². The van der Waals surface area contributed by atoms with Gasteiger partial charge in [0, 0.05) is 34.3 Å². The minimum Gasteiger partial charge on any atom is -0.465 e. The summed E-state index contributed by atoms with van der Waals surface area (Å²) in [5, 5.41) is 0. The highest BCUT2D eigenvalue weighted by molar-refractivity contribution is 5.74. The molecule has 1 aromatic rings. The summed E-state index contributed by atoms with van der Waals surface area (Å²) in [5.74, 6) is -7.47. The van der Waals surface area contributed by atoms with Gasteiger partial charge in [-0.1, -0.05) is 6.92 Å². The van der Waals surface area contributed by atoms with Crippen LogP contribution in [0.5, 0.6) is 0 Å². The summed E-state index contributed by atoms with van der Waals surface area (Å²) in [6.45, 7) is -5.20. The number of cyclic esters (lactones) is 1. The van der Waals surface area contributed by atoms with Crippen molar-refractivity contribution in [3.63, 3.8) is 0 Å². The van der Waals surface area contributed by atoms with Crippen LogP contribution in [0.2, 0.25) is 0 Å². The van der Waals surface area contributed by atoms with Crippen LogP contribution in [-0.2, 0) is 22.9 Å². The number of hydrogen-bond donors (Lipinski definition) is 0. The molecule has 4 heteroatoms. The van der Waals surface area contributed by atoms with Crippen LogP contribution in [0, 0.1) is 11.8 Å². The summed E-state index contributed by atoms with van der Waals surface area (Å²) >= 11 is 0. The first-order chi connectivity index (χ1) is 11.5. The average Bonchev–Trinajstić information content (AvgIpc) is 2.85. The minimum absolute atomic E-state index is 0.0839. The van der Waals surface area contributed by atoms with Crippen molar-refractivity contribution in [3.05, 3.63) is 18.2 Å². The van der Waals surface area contributed by atoms with Crippen molar-refractivity contribution in [1.82, 2.24) is 9.55 Å². The first-order valence-electron chi connectivity index (χ1n) is 9.79. The number of nitrogens with zero attached hydrogens (tertiary/aromatic N) is 2. The number of rotatable bonds is 3. The van der Waals surface area contributed by atoms with E-state index in [9.17, 15) is 4.79 Å². The molecule has 0 amide bonds. The van der Waals surface area contributed by atoms with Gasteiger partial charge in [0.25, 0.3) is 0 Å². The minimum atomic E-state index is -3.39. The van der Waals surface area contributed by atoms with Crippen molar-refractivity contribution >= 4 is 5.97 Å². The molecule has 0 N–H and O–H groups in total. The fourth-order valence-electron chi connectivity index (χ4n) is 1.17. The van der Waals surface area contributed by atoms with E-state index in [2.05, 4.69) is 9.72 Å². The van der Waals surface area contributed by atoms with E-state index in [1.807, 2.05) is 0 Å². The highest BCUT2D eigenvalue weighted by atomic mass is 16.5. The van der Waals surface area contributed by atoms with Gasteiger partial charge in [0.15, 0.2) is 0 Å². The van der Waals surface area contributed by atoms with E-state index < -0.39 is 62.3 Å². The van der Waals surface area contributed by atoms with Gasteiger partial charge in [-0.2, -0.15) is 0 Å². The lowest BCUT2D eigenvalue weighted by Crippen LogP contribution is -2.18. The third-order valence-corrected chi connectivity index (χ3v) is 1.93. The molecule has 0 aromatic carbocycles. The fourth-order valence-corrected chi connectivity index (χ4v) is 1.17. The van der Waals surface area contributed by atoms with E-state index in [-0.39, 0.29) is 4.57 Å². The maximum absolute atomic E-state index is 12.1. The van der Waals surface area contributed by atoms with Gasteiger partial charge >= 0.3 is 5.97 Å². The van der Waals surface area contributed by atoms with Crippen LogP contribution in [-0.4, -0.2) is 22.1 Å². The standard InChI is InChI=1S/C11H16N2O2/c1-3-10-8(6-15-11(10)14)4-9-5-12-7-13(9)2/h5,7-8,10H,3-4,6H2,1-2H3/t8-,10-/m0/s1/i2D3,4D2,5D,6D2,7D,8D,10D. The fraction of sp³-hybridized carbons (Fsp3) is 0.636. The molecule has 2 heterocycles. The molecule has 0 saturated carbocycles. The lowest BCUT2D eigenvalue weighted by Gasteiger charge is -2.12. The van der Waals surface area contributed by atoms with Gasteiger partial charge in [-0.25, -0.2) is 4.98 Å². The molecular weight excluding hydrogens is 192 g/mol. The Morgan fingerprint density at radius 2 is 2.93 bits per heavy atom. The van der Waals surface area contributed by atoms with Crippen LogP contribution < -0.4 is 0 Å². The quantitative estimate of drug-likeness (QED) is 0.717. The van der Waals surface area contributed by atoms with E-state index in [1.54, 1.807) is 0 Å². The van der Waals surface area contributed by atoms with Gasteiger partial charge in [0.05, 0.1) is 22.9 Å². The number of carbonyl (C=O) groups excluding carboxylic acids is 1. The van der Waals surface area contributed by atoms with Crippen LogP contribution in [0.4, 0.5) is 0 Å².